The number of benzene rings is 1. The highest BCUT2D eigenvalue weighted by Gasteiger charge is 2.25. The fourth-order valence-corrected chi connectivity index (χ4v) is 5.26. The van der Waals surface area contributed by atoms with E-state index in [1.54, 1.807) is 23.1 Å². The Labute approximate surface area is 140 Å². The summed E-state index contributed by atoms with van der Waals surface area (Å²) in [6, 6.07) is 8.97. The van der Waals surface area contributed by atoms with Crippen molar-refractivity contribution in [2.75, 3.05) is 11.3 Å². The van der Waals surface area contributed by atoms with Gasteiger partial charge in [-0.2, -0.15) is 0 Å². The van der Waals surface area contributed by atoms with Crippen LogP contribution in [-0.2, 0) is 27.8 Å². The molecule has 5 nitrogen and oxygen atoms in total. The molecule has 0 aliphatic carbocycles. The van der Waals surface area contributed by atoms with Crippen molar-refractivity contribution in [2.24, 2.45) is 0 Å². The quantitative estimate of drug-likeness (QED) is 0.926. The number of rotatable bonds is 3. The number of amides is 1. The molecule has 1 aromatic carbocycles. The molecular formula is C16H18N2O3S2. The molecule has 1 N–H and O–H groups in total. The largest absolute Gasteiger partial charge is 0.338 e. The molecule has 0 spiro atoms. The Balaban J connectivity index is 1.88. The van der Waals surface area contributed by atoms with E-state index in [0.717, 1.165) is 16.0 Å². The second-order valence-corrected chi connectivity index (χ2v) is 8.67. The van der Waals surface area contributed by atoms with Gasteiger partial charge in [-0.25, -0.2) is 8.42 Å². The number of nitrogens with zero attached hydrogens (tertiary/aromatic N) is 1. The van der Waals surface area contributed by atoms with Crippen LogP contribution in [0, 0.1) is 6.92 Å². The second kappa shape index (κ2) is 5.98. The highest BCUT2D eigenvalue weighted by Crippen LogP contribution is 2.32. The predicted octanol–water partition coefficient (Wildman–Crippen LogP) is 2.76. The Morgan fingerprint density at radius 2 is 2.04 bits per heavy atom. The molecule has 0 saturated carbocycles. The molecule has 1 aromatic heterocycles. The number of hydrogen-bond donors (Lipinski definition) is 1. The maximum Gasteiger partial charge on any atom is 0.271 e. The number of nitrogens with one attached hydrogen (secondary N) is 1. The smallest absolute Gasteiger partial charge is 0.271 e. The lowest BCUT2D eigenvalue weighted by Gasteiger charge is -2.25. The zero-order chi connectivity index (χ0) is 16.6. The number of fused-ring (bicyclic) bond motifs is 1. The van der Waals surface area contributed by atoms with E-state index in [2.05, 4.69) is 4.72 Å². The van der Waals surface area contributed by atoms with Crippen LogP contribution in [0.4, 0.5) is 5.69 Å². The first-order valence-electron chi connectivity index (χ1n) is 7.32. The maximum absolute atomic E-state index is 12.6. The minimum absolute atomic E-state index is 0.0179. The number of carbonyl (C=O) groups is 1. The lowest BCUT2D eigenvalue weighted by atomic mass is 10.1. The number of sulfonamides is 1. The molecule has 1 amide bonds. The number of hydrogen-bond acceptors (Lipinski definition) is 4. The van der Waals surface area contributed by atoms with E-state index < -0.39 is 10.0 Å². The van der Waals surface area contributed by atoms with Gasteiger partial charge in [0.2, 0.25) is 5.91 Å². The fraction of sp³-hybridized carbons (Fsp3) is 0.312. The number of carbonyl (C=O) groups excluding carboxylic acids is 1. The average molecular weight is 350 g/mol. The van der Waals surface area contributed by atoms with Gasteiger partial charge in [0, 0.05) is 24.9 Å². The minimum atomic E-state index is -3.60. The Hall–Kier alpha value is -1.86. The SMILES string of the molecule is CC(=O)N1CCc2sc(S(=O)(=O)Nc3ccccc3C)cc2C1. The predicted molar refractivity (Wildman–Crippen MR) is 91.1 cm³/mol. The summed E-state index contributed by atoms with van der Waals surface area (Å²) in [5.74, 6) is 0.0179. The van der Waals surface area contributed by atoms with Crippen molar-refractivity contribution < 1.29 is 13.2 Å². The first-order chi connectivity index (χ1) is 10.9. The van der Waals surface area contributed by atoms with E-state index >= 15 is 0 Å². The van der Waals surface area contributed by atoms with Gasteiger partial charge in [0.1, 0.15) is 4.21 Å². The molecule has 0 fully saturated rings. The molecule has 3 rings (SSSR count). The van der Waals surface area contributed by atoms with E-state index in [1.165, 1.54) is 18.3 Å². The van der Waals surface area contributed by atoms with Crippen molar-refractivity contribution in [3.8, 4) is 0 Å². The lowest BCUT2D eigenvalue weighted by Crippen LogP contribution is -2.33. The van der Waals surface area contributed by atoms with Gasteiger partial charge in [0.15, 0.2) is 0 Å². The zero-order valence-electron chi connectivity index (χ0n) is 13.0. The van der Waals surface area contributed by atoms with Crippen molar-refractivity contribution in [3.63, 3.8) is 0 Å². The molecule has 23 heavy (non-hydrogen) atoms. The summed E-state index contributed by atoms with van der Waals surface area (Å²) in [4.78, 5) is 14.3. The van der Waals surface area contributed by atoms with Crippen molar-refractivity contribution >= 4 is 33.0 Å². The molecule has 7 heteroatoms. The van der Waals surface area contributed by atoms with Crippen LogP contribution in [0.1, 0.15) is 22.9 Å². The highest BCUT2D eigenvalue weighted by atomic mass is 32.2. The summed E-state index contributed by atoms with van der Waals surface area (Å²) in [6.45, 7) is 4.53. The lowest BCUT2D eigenvalue weighted by molar-refractivity contribution is -0.129. The summed E-state index contributed by atoms with van der Waals surface area (Å²) in [5, 5.41) is 0. The molecule has 0 unspecified atom stereocenters. The van der Waals surface area contributed by atoms with Gasteiger partial charge < -0.3 is 4.90 Å². The van der Waals surface area contributed by atoms with Crippen LogP contribution in [0.3, 0.4) is 0 Å². The Kier molecular flexibility index (Phi) is 4.16. The van der Waals surface area contributed by atoms with Gasteiger partial charge in [-0.3, -0.25) is 9.52 Å². The van der Waals surface area contributed by atoms with Gasteiger partial charge in [-0.05, 0) is 36.6 Å². The monoisotopic (exact) mass is 350 g/mol. The third-order valence-corrected chi connectivity index (χ3v) is 7.02. The summed E-state index contributed by atoms with van der Waals surface area (Å²) < 4.78 is 28.2. The van der Waals surface area contributed by atoms with Crippen molar-refractivity contribution in [1.82, 2.24) is 4.90 Å². The standard InChI is InChI=1S/C16H18N2O3S2/c1-11-5-3-4-6-14(11)17-23(20,21)16-9-13-10-18(12(2)19)8-7-15(13)22-16/h3-6,9,17H,7-8,10H2,1-2H3. The number of para-hydroxylation sites is 1. The Morgan fingerprint density at radius 1 is 1.30 bits per heavy atom. The molecule has 1 aliphatic rings. The molecule has 0 atom stereocenters. The van der Waals surface area contributed by atoms with Crippen LogP contribution in [0.5, 0.6) is 0 Å². The van der Waals surface area contributed by atoms with Crippen LogP contribution in [0.15, 0.2) is 34.5 Å². The van der Waals surface area contributed by atoms with Gasteiger partial charge in [-0.1, -0.05) is 18.2 Å². The van der Waals surface area contributed by atoms with Crippen LogP contribution >= 0.6 is 11.3 Å². The fourth-order valence-electron chi connectivity index (χ4n) is 2.59. The normalized spacial score (nSPS) is 14.4. The summed E-state index contributed by atoms with van der Waals surface area (Å²) in [7, 11) is -3.60. The Bertz CT molecular complexity index is 856. The number of thiophene rings is 1. The topological polar surface area (TPSA) is 66.5 Å². The van der Waals surface area contributed by atoms with E-state index in [1.807, 2.05) is 19.1 Å². The Morgan fingerprint density at radius 3 is 2.74 bits per heavy atom. The first kappa shape index (κ1) is 16.0. The molecule has 0 bridgehead atoms. The molecule has 122 valence electrons. The second-order valence-electron chi connectivity index (χ2n) is 5.62. The first-order valence-corrected chi connectivity index (χ1v) is 9.62. The summed E-state index contributed by atoms with van der Waals surface area (Å²) >= 11 is 1.29. The minimum Gasteiger partial charge on any atom is -0.338 e. The third-order valence-electron chi connectivity index (χ3n) is 3.94. The average Bonchev–Trinajstić information content (AvgIpc) is 2.93. The maximum atomic E-state index is 12.6. The van der Waals surface area contributed by atoms with E-state index in [4.69, 9.17) is 0 Å². The summed E-state index contributed by atoms with van der Waals surface area (Å²) in [5.41, 5.74) is 2.39. The van der Waals surface area contributed by atoms with Crippen molar-refractivity contribution in [2.45, 2.75) is 31.0 Å². The van der Waals surface area contributed by atoms with Gasteiger partial charge in [-0.15, -0.1) is 11.3 Å². The van der Waals surface area contributed by atoms with Crippen molar-refractivity contribution in [1.29, 1.82) is 0 Å². The van der Waals surface area contributed by atoms with Crippen LogP contribution in [0.25, 0.3) is 0 Å². The van der Waals surface area contributed by atoms with E-state index in [0.29, 0.717) is 29.4 Å². The van der Waals surface area contributed by atoms with Crippen LogP contribution in [-0.4, -0.2) is 25.8 Å². The number of aryl methyl sites for hydroxylation is 1. The summed E-state index contributed by atoms with van der Waals surface area (Å²) in [6.07, 6.45) is 0.708. The van der Waals surface area contributed by atoms with Gasteiger partial charge in [0.05, 0.1) is 5.69 Å². The van der Waals surface area contributed by atoms with E-state index in [-0.39, 0.29) is 5.91 Å². The zero-order valence-corrected chi connectivity index (χ0v) is 14.6. The highest BCUT2D eigenvalue weighted by molar-refractivity contribution is 7.94. The molecule has 0 radical (unpaired) electrons. The van der Waals surface area contributed by atoms with Gasteiger partial charge >= 0.3 is 0 Å². The third kappa shape index (κ3) is 3.25. The molecular weight excluding hydrogens is 332 g/mol. The molecule has 0 saturated heterocycles. The number of anilines is 1. The van der Waals surface area contributed by atoms with Crippen LogP contribution < -0.4 is 4.72 Å². The van der Waals surface area contributed by atoms with Crippen LogP contribution in [0.2, 0.25) is 0 Å². The van der Waals surface area contributed by atoms with E-state index in [9.17, 15) is 13.2 Å². The van der Waals surface area contributed by atoms with Gasteiger partial charge in [0.25, 0.3) is 10.0 Å². The van der Waals surface area contributed by atoms with Crippen molar-refractivity contribution in [3.05, 3.63) is 46.3 Å². The molecule has 2 aromatic rings. The molecule has 1 aliphatic heterocycles. The molecule has 2 heterocycles.